The van der Waals surface area contributed by atoms with Gasteiger partial charge in [-0.05, 0) is 18.9 Å². The highest BCUT2D eigenvalue weighted by atomic mass is 16.5. The van der Waals surface area contributed by atoms with Crippen LogP contribution in [0.25, 0.3) is 0 Å². The highest BCUT2D eigenvalue weighted by molar-refractivity contribution is 5.56. The zero-order chi connectivity index (χ0) is 16.2. The van der Waals surface area contributed by atoms with Crippen molar-refractivity contribution < 1.29 is 9.47 Å². The van der Waals surface area contributed by atoms with Crippen molar-refractivity contribution in [3.8, 4) is 11.5 Å². The number of methoxy groups -OCH3 is 2. The molecule has 1 fully saturated rings. The average molecular weight is 314 g/mol. The third-order valence-corrected chi connectivity index (χ3v) is 4.00. The number of benzene rings is 1. The smallest absolute Gasteiger partial charge is 0.222 e. The molecule has 0 spiro atoms. The SMILES string of the molecule is COc1cc(OC)cc(N2CCC(Nc3ncc(C)cn3)C2)c1. The van der Waals surface area contributed by atoms with Crippen LogP contribution < -0.4 is 19.7 Å². The van der Waals surface area contributed by atoms with E-state index in [1.807, 2.05) is 37.5 Å². The Morgan fingerprint density at radius 3 is 2.35 bits per heavy atom. The van der Waals surface area contributed by atoms with E-state index in [1.54, 1.807) is 14.2 Å². The van der Waals surface area contributed by atoms with Crippen LogP contribution in [0, 0.1) is 6.92 Å². The predicted molar refractivity (Wildman–Crippen MR) is 90.6 cm³/mol. The van der Waals surface area contributed by atoms with Gasteiger partial charge in [0.05, 0.1) is 14.2 Å². The van der Waals surface area contributed by atoms with Crippen LogP contribution in [0.5, 0.6) is 11.5 Å². The number of rotatable bonds is 5. The largest absolute Gasteiger partial charge is 0.497 e. The lowest BCUT2D eigenvalue weighted by Crippen LogP contribution is -2.26. The summed E-state index contributed by atoms with van der Waals surface area (Å²) in [7, 11) is 3.34. The molecule has 122 valence electrons. The first-order valence-corrected chi connectivity index (χ1v) is 7.71. The fourth-order valence-electron chi connectivity index (χ4n) is 2.74. The van der Waals surface area contributed by atoms with Crippen molar-refractivity contribution in [3.63, 3.8) is 0 Å². The second-order valence-corrected chi connectivity index (χ2v) is 5.73. The third kappa shape index (κ3) is 3.64. The van der Waals surface area contributed by atoms with Gasteiger partial charge in [0.1, 0.15) is 11.5 Å². The van der Waals surface area contributed by atoms with Crippen molar-refractivity contribution in [1.82, 2.24) is 9.97 Å². The topological polar surface area (TPSA) is 59.5 Å². The standard InChI is InChI=1S/C17H22N4O2/c1-12-9-18-17(19-10-12)20-13-4-5-21(11-13)14-6-15(22-2)8-16(7-14)23-3/h6-10,13H,4-5,11H2,1-3H3,(H,18,19,20). The summed E-state index contributed by atoms with van der Waals surface area (Å²) in [6.45, 7) is 3.85. The number of anilines is 2. The number of nitrogens with zero attached hydrogens (tertiary/aromatic N) is 3. The monoisotopic (exact) mass is 314 g/mol. The zero-order valence-corrected chi connectivity index (χ0v) is 13.7. The molecule has 0 saturated carbocycles. The van der Waals surface area contributed by atoms with Crippen LogP contribution in [0.2, 0.25) is 0 Å². The molecule has 1 aliphatic heterocycles. The van der Waals surface area contributed by atoms with Gasteiger partial charge in [0, 0.05) is 55.4 Å². The molecule has 0 aliphatic carbocycles. The lowest BCUT2D eigenvalue weighted by molar-refractivity contribution is 0.394. The average Bonchev–Trinajstić information content (AvgIpc) is 3.05. The van der Waals surface area contributed by atoms with Gasteiger partial charge in [0.25, 0.3) is 0 Å². The van der Waals surface area contributed by atoms with Crippen molar-refractivity contribution in [3.05, 3.63) is 36.2 Å². The number of aryl methyl sites for hydroxylation is 1. The van der Waals surface area contributed by atoms with E-state index in [0.717, 1.165) is 42.3 Å². The molecular weight excluding hydrogens is 292 g/mol. The van der Waals surface area contributed by atoms with Gasteiger partial charge < -0.3 is 19.7 Å². The molecule has 2 heterocycles. The Morgan fingerprint density at radius 1 is 1.09 bits per heavy atom. The van der Waals surface area contributed by atoms with E-state index in [1.165, 1.54) is 0 Å². The zero-order valence-electron chi connectivity index (χ0n) is 13.7. The first-order valence-electron chi connectivity index (χ1n) is 7.71. The van der Waals surface area contributed by atoms with Gasteiger partial charge in [0.15, 0.2) is 0 Å². The molecule has 3 rings (SSSR count). The lowest BCUT2D eigenvalue weighted by Gasteiger charge is -2.20. The lowest BCUT2D eigenvalue weighted by atomic mass is 10.2. The molecule has 0 amide bonds. The Labute approximate surface area is 136 Å². The van der Waals surface area contributed by atoms with Crippen molar-refractivity contribution in [2.24, 2.45) is 0 Å². The molecule has 6 heteroatoms. The Balaban J connectivity index is 1.68. The molecule has 1 N–H and O–H groups in total. The molecule has 0 bridgehead atoms. The number of hydrogen-bond donors (Lipinski definition) is 1. The summed E-state index contributed by atoms with van der Waals surface area (Å²) < 4.78 is 10.7. The van der Waals surface area contributed by atoms with Gasteiger partial charge >= 0.3 is 0 Å². The molecule has 1 aromatic heterocycles. The summed E-state index contributed by atoms with van der Waals surface area (Å²) in [5.41, 5.74) is 2.17. The number of ether oxygens (including phenoxy) is 2. The van der Waals surface area contributed by atoms with E-state index in [2.05, 4.69) is 20.2 Å². The van der Waals surface area contributed by atoms with Crippen LogP contribution in [0.15, 0.2) is 30.6 Å². The molecule has 23 heavy (non-hydrogen) atoms. The molecule has 6 nitrogen and oxygen atoms in total. The third-order valence-electron chi connectivity index (χ3n) is 4.00. The van der Waals surface area contributed by atoms with Crippen molar-refractivity contribution in [1.29, 1.82) is 0 Å². The van der Waals surface area contributed by atoms with E-state index < -0.39 is 0 Å². The fraction of sp³-hybridized carbons (Fsp3) is 0.412. The van der Waals surface area contributed by atoms with E-state index in [0.29, 0.717) is 12.0 Å². The number of aromatic nitrogens is 2. The van der Waals surface area contributed by atoms with Crippen molar-refractivity contribution >= 4 is 11.6 Å². The van der Waals surface area contributed by atoms with Crippen LogP contribution >= 0.6 is 0 Å². The van der Waals surface area contributed by atoms with E-state index in [4.69, 9.17) is 9.47 Å². The Morgan fingerprint density at radius 2 is 1.74 bits per heavy atom. The second-order valence-electron chi connectivity index (χ2n) is 5.73. The van der Waals surface area contributed by atoms with Crippen LogP contribution in [0.3, 0.4) is 0 Å². The van der Waals surface area contributed by atoms with Gasteiger partial charge in [0.2, 0.25) is 5.95 Å². The van der Waals surface area contributed by atoms with E-state index >= 15 is 0 Å². The number of hydrogen-bond acceptors (Lipinski definition) is 6. The molecule has 1 aliphatic rings. The highest BCUT2D eigenvalue weighted by Gasteiger charge is 2.24. The first-order chi connectivity index (χ1) is 11.2. The van der Waals surface area contributed by atoms with Crippen LogP contribution in [0.4, 0.5) is 11.6 Å². The van der Waals surface area contributed by atoms with Gasteiger partial charge in [-0.1, -0.05) is 0 Å². The summed E-state index contributed by atoms with van der Waals surface area (Å²) in [5.74, 6) is 2.29. The van der Waals surface area contributed by atoms with Crippen molar-refractivity contribution in [2.45, 2.75) is 19.4 Å². The molecule has 2 aromatic rings. The quantitative estimate of drug-likeness (QED) is 0.915. The molecule has 1 atom stereocenters. The fourth-order valence-corrected chi connectivity index (χ4v) is 2.74. The maximum atomic E-state index is 5.35. The van der Waals surface area contributed by atoms with Gasteiger partial charge in [-0.2, -0.15) is 0 Å². The summed E-state index contributed by atoms with van der Waals surface area (Å²) in [6.07, 6.45) is 4.70. The second kappa shape index (κ2) is 6.73. The maximum absolute atomic E-state index is 5.35. The maximum Gasteiger partial charge on any atom is 0.222 e. The van der Waals surface area contributed by atoms with E-state index in [-0.39, 0.29) is 0 Å². The number of nitrogens with one attached hydrogen (secondary N) is 1. The normalized spacial score (nSPS) is 17.2. The minimum atomic E-state index is 0.329. The summed E-state index contributed by atoms with van der Waals surface area (Å²) in [6, 6.07) is 6.28. The van der Waals surface area contributed by atoms with Gasteiger partial charge in [-0.25, -0.2) is 9.97 Å². The molecule has 1 saturated heterocycles. The van der Waals surface area contributed by atoms with Crippen molar-refractivity contribution in [2.75, 3.05) is 37.5 Å². The van der Waals surface area contributed by atoms with Crippen LogP contribution in [-0.4, -0.2) is 43.3 Å². The molecule has 0 radical (unpaired) electrons. The van der Waals surface area contributed by atoms with Crippen LogP contribution in [0.1, 0.15) is 12.0 Å². The summed E-state index contributed by atoms with van der Waals surface area (Å²) in [5, 5.41) is 3.40. The van der Waals surface area contributed by atoms with Crippen LogP contribution in [-0.2, 0) is 0 Å². The predicted octanol–water partition coefficient (Wildman–Crippen LogP) is 2.49. The molecule has 1 aromatic carbocycles. The van der Waals surface area contributed by atoms with Gasteiger partial charge in [-0.15, -0.1) is 0 Å². The Bertz CT molecular complexity index is 638. The molecular formula is C17H22N4O2. The minimum Gasteiger partial charge on any atom is -0.497 e. The molecule has 1 unspecified atom stereocenters. The summed E-state index contributed by atoms with van der Waals surface area (Å²) >= 11 is 0. The van der Waals surface area contributed by atoms with Gasteiger partial charge in [-0.3, -0.25) is 0 Å². The highest BCUT2D eigenvalue weighted by Crippen LogP contribution is 2.30. The summed E-state index contributed by atoms with van der Waals surface area (Å²) in [4.78, 5) is 10.9. The minimum absolute atomic E-state index is 0.329. The van der Waals surface area contributed by atoms with E-state index in [9.17, 15) is 0 Å². The Hall–Kier alpha value is -2.50. The Kier molecular flexibility index (Phi) is 4.50. The first kappa shape index (κ1) is 15.4.